The minimum absolute atomic E-state index is 0.0186. The van der Waals surface area contributed by atoms with Gasteiger partial charge in [-0.1, -0.05) is 31.2 Å². The van der Waals surface area contributed by atoms with Gasteiger partial charge >= 0.3 is 0 Å². The van der Waals surface area contributed by atoms with Crippen LogP contribution in [0, 0.1) is 17.1 Å². The number of halogens is 2. The number of carbonyl (C=O) groups is 1. The van der Waals surface area contributed by atoms with E-state index in [0.29, 0.717) is 30.2 Å². The van der Waals surface area contributed by atoms with Gasteiger partial charge in [-0.15, -0.1) is 0 Å². The van der Waals surface area contributed by atoms with Crippen LogP contribution in [0.25, 0.3) is 11.3 Å². The number of nitrogens with zero attached hydrogens (tertiary/aromatic N) is 5. The smallest absolute Gasteiger partial charge is 0.271 e. The molecule has 1 aromatic carbocycles. The van der Waals surface area contributed by atoms with Gasteiger partial charge in [0.25, 0.3) is 5.91 Å². The molecule has 2 heterocycles. The van der Waals surface area contributed by atoms with Crippen LogP contribution in [0.4, 0.5) is 4.39 Å². The Morgan fingerprint density at radius 3 is 2.70 bits per heavy atom. The molecule has 0 radical (unpaired) electrons. The molecular weight excluding hydrogens is 515 g/mol. The second kappa shape index (κ2) is 12.0. The van der Waals surface area contributed by atoms with Gasteiger partial charge in [-0.25, -0.2) is 9.37 Å². The number of ether oxygens (including phenoxy) is 1. The maximum atomic E-state index is 14.1. The molecular formula is C25H32ClFN6O3Si. The summed E-state index contributed by atoms with van der Waals surface area (Å²) in [6.45, 7) is 11.4. The molecule has 0 aliphatic rings. The third-order valence-electron chi connectivity index (χ3n) is 5.57. The van der Waals surface area contributed by atoms with Crippen LogP contribution >= 0.6 is 11.6 Å². The van der Waals surface area contributed by atoms with Crippen molar-refractivity contribution in [1.82, 2.24) is 24.6 Å². The van der Waals surface area contributed by atoms with Crippen molar-refractivity contribution in [3.05, 3.63) is 58.5 Å². The minimum Gasteiger partial charge on any atom is -0.385 e. The van der Waals surface area contributed by atoms with Gasteiger partial charge in [0.05, 0.1) is 17.3 Å². The average molecular weight is 547 g/mol. The molecule has 2 N–H and O–H groups in total. The lowest BCUT2D eigenvalue weighted by atomic mass is 10.1. The SMILES string of the molecule is C[C@H](O)c1nc(C(=O)N[C@@H](C)Cn2ccc(-c3cc(F)c(C#N)c(Cl)c3)n2)cn1COCC[Si](C)(C)C. The van der Waals surface area contributed by atoms with Crippen molar-refractivity contribution in [2.24, 2.45) is 0 Å². The first-order valence-electron chi connectivity index (χ1n) is 11.9. The molecule has 2 aromatic heterocycles. The number of nitriles is 1. The first-order chi connectivity index (χ1) is 17.4. The monoisotopic (exact) mass is 546 g/mol. The molecule has 1 amide bonds. The topological polar surface area (TPSA) is 118 Å². The molecule has 0 aliphatic carbocycles. The quantitative estimate of drug-likeness (QED) is 0.268. The Balaban J connectivity index is 1.62. The third kappa shape index (κ3) is 7.72. The van der Waals surface area contributed by atoms with E-state index in [2.05, 4.69) is 35.0 Å². The molecule has 0 saturated heterocycles. The van der Waals surface area contributed by atoms with Crippen molar-refractivity contribution in [1.29, 1.82) is 5.26 Å². The lowest BCUT2D eigenvalue weighted by Crippen LogP contribution is -2.36. The lowest BCUT2D eigenvalue weighted by molar-refractivity contribution is 0.0769. The number of rotatable bonds is 11. The van der Waals surface area contributed by atoms with Gasteiger partial charge in [-0.3, -0.25) is 9.48 Å². The fraction of sp³-hybridized carbons (Fsp3) is 0.440. The van der Waals surface area contributed by atoms with Gasteiger partial charge in [0.1, 0.15) is 41.8 Å². The van der Waals surface area contributed by atoms with Crippen molar-refractivity contribution in [3.8, 4) is 17.3 Å². The molecule has 0 aliphatic heterocycles. The molecule has 37 heavy (non-hydrogen) atoms. The second-order valence-corrected chi connectivity index (χ2v) is 16.2. The molecule has 9 nitrogen and oxygen atoms in total. The number of imidazole rings is 1. The Hall–Kier alpha value is -3.04. The van der Waals surface area contributed by atoms with Crippen LogP contribution in [0.2, 0.25) is 30.7 Å². The zero-order valence-electron chi connectivity index (χ0n) is 21.6. The summed E-state index contributed by atoms with van der Waals surface area (Å²) in [5, 5.41) is 26.4. The summed E-state index contributed by atoms with van der Waals surface area (Å²) in [4.78, 5) is 17.1. The highest BCUT2D eigenvalue weighted by Crippen LogP contribution is 2.26. The van der Waals surface area contributed by atoms with Gasteiger partial charge in [0, 0.05) is 38.7 Å². The number of carbonyl (C=O) groups excluding carboxylic acids is 1. The van der Waals surface area contributed by atoms with E-state index in [-0.39, 0.29) is 35.0 Å². The molecule has 0 bridgehead atoms. The predicted octanol–water partition coefficient (Wildman–Crippen LogP) is 4.59. The van der Waals surface area contributed by atoms with Gasteiger partial charge < -0.3 is 19.7 Å². The molecule has 0 spiro atoms. The Kier molecular flexibility index (Phi) is 9.25. The molecule has 0 fully saturated rings. The first kappa shape index (κ1) is 28.5. The number of nitrogens with one attached hydrogen (secondary N) is 1. The molecule has 3 rings (SSSR count). The van der Waals surface area contributed by atoms with E-state index in [1.54, 1.807) is 40.7 Å². The van der Waals surface area contributed by atoms with Crippen LogP contribution in [0.3, 0.4) is 0 Å². The summed E-state index contributed by atoms with van der Waals surface area (Å²) in [5.41, 5.74) is 0.902. The van der Waals surface area contributed by atoms with Crippen molar-refractivity contribution in [2.45, 2.75) is 65.0 Å². The maximum absolute atomic E-state index is 14.1. The van der Waals surface area contributed by atoms with Crippen LogP contribution in [0.15, 0.2) is 30.6 Å². The van der Waals surface area contributed by atoms with Crippen LogP contribution in [-0.2, 0) is 18.0 Å². The van der Waals surface area contributed by atoms with E-state index < -0.39 is 20.0 Å². The summed E-state index contributed by atoms with van der Waals surface area (Å²) >= 11 is 6.00. The van der Waals surface area contributed by atoms with Crippen molar-refractivity contribution in [2.75, 3.05) is 6.61 Å². The Morgan fingerprint density at radius 1 is 1.35 bits per heavy atom. The highest BCUT2D eigenvalue weighted by atomic mass is 35.5. The van der Waals surface area contributed by atoms with Crippen molar-refractivity contribution >= 4 is 25.6 Å². The van der Waals surface area contributed by atoms with Crippen LogP contribution in [-0.4, -0.2) is 51.1 Å². The van der Waals surface area contributed by atoms with Crippen LogP contribution in [0.5, 0.6) is 0 Å². The Bertz CT molecular complexity index is 1270. The molecule has 0 unspecified atom stereocenters. The second-order valence-electron chi connectivity index (χ2n) is 10.2. The van der Waals surface area contributed by atoms with Gasteiger partial charge in [-0.2, -0.15) is 10.4 Å². The van der Waals surface area contributed by atoms with Crippen LogP contribution < -0.4 is 5.32 Å². The van der Waals surface area contributed by atoms with E-state index in [1.807, 2.05) is 6.92 Å². The van der Waals surface area contributed by atoms with E-state index in [1.165, 1.54) is 12.1 Å². The highest BCUT2D eigenvalue weighted by molar-refractivity contribution is 6.76. The van der Waals surface area contributed by atoms with E-state index >= 15 is 0 Å². The summed E-state index contributed by atoms with van der Waals surface area (Å²) < 4.78 is 23.1. The minimum atomic E-state index is -1.23. The summed E-state index contributed by atoms with van der Waals surface area (Å²) in [6, 6.07) is 6.84. The molecule has 12 heteroatoms. The third-order valence-corrected chi connectivity index (χ3v) is 7.57. The fourth-order valence-electron chi connectivity index (χ4n) is 3.59. The number of benzene rings is 1. The lowest BCUT2D eigenvalue weighted by Gasteiger charge is -2.16. The van der Waals surface area contributed by atoms with Gasteiger partial charge in [-0.05, 0) is 38.1 Å². The zero-order chi connectivity index (χ0) is 27.3. The number of aromatic nitrogens is 4. The normalized spacial score (nSPS) is 13.3. The molecule has 0 saturated carbocycles. The summed E-state index contributed by atoms with van der Waals surface area (Å²) in [7, 11) is -1.23. The summed E-state index contributed by atoms with van der Waals surface area (Å²) in [5.74, 6) is -0.739. The Morgan fingerprint density at radius 2 is 2.08 bits per heavy atom. The zero-order valence-corrected chi connectivity index (χ0v) is 23.4. The number of aliphatic hydroxyl groups excluding tert-OH is 1. The van der Waals surface area contributed by atoms with Crippen molar-refractivity contribution in [3.63, 3.8) is 0 Å². The fourth-order valence-corrected chi connectivity index (χ4v) is 4.59. The van der Waals surface area contributed by atoms with Crippen molar-refractivity contribution < 1.29 is 19.0 Å². The average Bonchev–Trinajstić information content (AvgIpc) is 3.43. The van der Waals surface area contributed by atoms with E-state index in [9.17, 15) is 14.3 Å². The van der Waals surface area contributed by atoms with Gasteiger partial charge in [0.15, 0.2) is 0 Å². The predicted molar refractivity (Wildman–Crippen MR) is 141 cm³/mol. The van der Waals surface area contributed by atoms with E-state index in [0.717, 1.165) is 6.04 Å². The number of hydrogen-bond acceptors (Lipinski definition) is 6. The van der Waals surface area contributed by atoms with Crippen LogP contribution in [0.1, 0.15) is 41.8 Å². The maximum Gasteiger partial charge on any atom is 0.271 e. The molecule has 3 aromatic rings. The van der Waals surface area contributed by atoms with E-state index in [4.69, 9.17) is 21.6 Å². The van der Waals surface area contributed by atoms with Gasteiger partial charge in [0.2, 0.25) is 0 Å². The number of aliphatic hydroxyl groups is 1. The standard InChI is InChI=1S/C25H32ClFN6O3Si/c1-16(13-33-7-6-22(31-33)18-10-20(26)19(12-28)21(27)11-18)29-25(35)23-14-32(24(30-23)17(2)34)15-36-8-9-37(3,4)5/h6-7,10-11,14,16-17,34H,8-9,13,15H2,1-5H3,(H,29,35)/t16-,17-/m0/s1. The Labute approximate surface area is 221 Å². The number of amides is 1. The largest absolute Gasteiger partial charge is 0.385 e. The highest BCUT2D eigenvalue weighted by Gasteiger charge is 2.20. The first-order valence-corrected chi connectivity index (χ1v) is 16.0. The molecule has 198 valence electrons. The summed E-state index contributed by atoms with van der Waals surface area (Å²) in [6.07, 6.45) is 2.43. The number of hydrogen-bond donors (Lipinski definition) is 2. The molecule has 2 atom stereocenters.